The van der Waals surface area contributed by atoms with Crippen LogP contribution in [0.2, 0.25) is 0 Å². The first-order valence-corrected chi connectivity index (χ1v) is 18.5. The SMILES string of the molecule is Fc1ccc2c(c1)sc1c3ccccc3cc(-c3nc(-c4ccc5ccccc5c4)nc(-c4cc5ccccc5c5sc6cc(F)ccc6c45)n3)c21. The molecule has 11 aromatic rings. The fraction of sp³-hybridized carbons (Fsp3) is 0. The summed E-state index contributed by atoms with van der Waals surface area (Å²) in [6.45, 7) is 0. The highest BCUT2D eigenvalue weighted by Gasteiger charge is 2.22. The third kappa shape index (κ3) is 4.49. The first-order valence-electron chi connectivity index (χ1n) is 16.9. The number of rotatable bonds is 3. The minimum atomic E-state index is -0.269. The van der Waals surface area contributed by atoms with Crippen LogP contribution in [0.5, 0.6) is 0 Å². The van der Waals surface area contributed by atoms with E-state index in [-0.39, 0.29) is 11.6 Å². The third-order valence-corrected chi connectivity index (χ3v) is 12.3. The fourth-order valence-corrected chi connectivity index (χ4v) is 10.2. The quantitative estimate of drug-likeness (QED) is 0.183. The van der Waals surface area contributed by atoms with Crippen molar-refractivity contribution in [3.05, 3.63) is 151 Å². The molecule has 0 saturated heterocycles. The van der Waals surface area contributed by atoms with Gasteiger partial charge in [-0.05, 0) is 86.9 Å². The van der Waals surface area contributed by atoms with Crippen LogP contribution in [0.3, 0.4) is 0 Å². The summed E-state index contributed by atoms with van der Waals surface area (Å²) in [5, 5.41) is 10.4. The topological polar surface area (TPSA) is 38.7 Å². The van der Waals surface area contributed by atoms with Crippen LogP contribution < -0.4 is 0 Å². The maximum atomic E-state index is 14.6. The van der Waals surface area contributed by atoms with E-state index in [1.807, 2.05) is 48.5 Å². The normalized spacial score (nSPS) is 12.0. The molecular weight excluding hydrogens is 685 g/mol. The molecule has 0 N–H and O–H groups in total. The molecule has 0 unspecified atom stereocenters. The lowest BCUT2D eigenvalue weighted by Crippen LogP contribution is -2.01. The van der Waals surface area contributed by atoms with E-state index in [1.54, 1.807) is 34.8 Å². The number of halogens is 2. The minimum Gasteiger partial charge on any atom is -0.208 e. The van der Waals surface area contributed by atoms with E-state index in [0.29, 0.717) is 17.5 Å². The first kappa shape index (κ1) is 29.6. The van der Waals surface area contributed by atoms with Gasteiger partial charge in [0.15, 0.2) is 17.5 Å². The van der Waals surface area contributed by atoms with Crippen LogP contribution in [0.25, 0.3) is 107 Å². The van der Waals surface area contributed by atoms with Crippen LogP contribution in [0.4, 0.5) is 8.78 Å². The molecule has 0 aliphatic rings. The van der Waals surface area contributed by atoms with Gasteiger partial charge in [0.05, 0.1) is 0 Å². The smallest absolute Gasteiger partial charge is 0.164 e. The second-order valence-electron chi connectivity index (χ2n) is 13.1. The zero-order chi connectivity index (χ0) is 34.5. The van der Waals surface area contributed by atoms with Crippen LogP contribution in [-0.4, -0.2) is 15.0 Å². The highest BCUT2D eigenvalue weighted by molar-refractivity contribution is 7.27. The molecule has 244 valence electrons. The zero-order valence-corrected chi connectivity index (χ0v) is 28.8. The Morgan fingerprint density at radius 2 is 0.865 bits per heavy atom. The predicted molar refractivity (Wildman–Crippen MR) is 214 cm³/mol. The van der Waals surface area contributed by atoms with E-state index in [1.165, 1.54) is 12.1 Å². The molecule has 7 heteroatoms. The van der Waals surface area contributed by atoms with E-state index in [4.69, 9.17) is 15.0 Å². The lowest BCUT2D eigenvalue weighted by Gasteiger charge is -2.13. The molecule has 0 saturated carbocycles. The van der Waals surface area contributed by atoms with E-state index >= 15 is 0 Å². The Balaban J connectivity index is 1.28. The van der Waals surface area contributed by atoms with Crippen LogP contribution >= 0.6 is 22.7 Å². The van der Waals surface area contributed by atoms with Crippen LogP contribution in [0, 0.1) is 11.6 Å². The van der Waals surface area contributed by atoms with Gasteiger partial charge in [0.2, 0.25) is 0 Å². The molecule has 3 nitrogen and oxygen atoms in total. The minimum absolute atomic E-state index is 0.269. The summed E-state index contributed by atoms with van der Waals surface area (Å²) in [7, 11) is 0. The number of thiophene rings is 2. The Labute approximate surface area is 303 Å². The molecule has 52 heavy (non-hydrogen) atoms. The lowest BCUT2D eigenvalue weighted by atomic mass is 9.98. The van der Waals surface area contributed by atoms with Crippen LogP contribution in [-0.2, 0) is 0 Å². The fourth-order valence-electron chi connectivity index (χ4n) is 7.60. The molecule has 3 aromatic heterocycles. The maximum Gasteiger partial charge on any atom is 0.164 e. The van der Waals surface area contributed by atoms with Crippen molar-refractivity contribution < 1.29 is 8.78 Å². The Morgan fingerprint density at radius 3 is 1.42 bits per heavy atom. The lowest BCUT2D eigenvalue weighted by molar-refractivity contribution is 0.629. The molecule has 3 heterocycles. The average molecular weight is 708 g/mol. The molecule has 0 amide bonds. The van der Waals surface area contributed by atoms with Gasteiger partial charge in [-0.25, -0.2) is 23.7 Å². The van der Waals surface area contributed by atoms with E-state index in [9.17, 15) is 8.78 Å². The van der Waals surface area contributed by atoms with Gasteiger partial charge >= 0.3 is 0 Å². The summed E-state index contributed by atoms with van der Waals surface area (Å²) in [6.07, 6.45) is 0. The van der Waals surface area contributed by atoms with Crippen molar-refractivity contribution in [3.63, 3.8) is 0 Å². The molecule has 0 aliphatic carbocycles. The molecule has 0 spiro atoms. The van der Waals surface area contributed by atoms with Gasteiger partial charge < -0.3 is 0 Å². The highest BCUT2D eigenvalue weighted by Crippen LogP contribution is 2.46. The van der Waals surface area contributed by atoms with Crippen LogP contribution in [0.1, 0.15) is 0 Å². The molecule has 8 aromatic carbocycles. The predicted octanol–water partition coefficient (Wildman–Crippen LogP) is 13.3. The van der Waals surface area contributed by atoms with Gasteiger partial charge in [0.1, 0.15) is 11.6 Å². The highest BCUT2D eigenvalue weighted by atomic mass is 32.1. The maximum absolute atomic E-state index is 14.6. The summed E-state index contributed by atoms with van der Waals surface area (Å²) >= 11 is 3.17. The second-order valence-corrected chi connectivity index (χ2v) is 15.2. The number of aromatic nitrogens is 3. The van der Waals surface area contributed by atoms with Crippen molar-refractivity contribution in [1.82, 2.24) is 15.0 Å². The van der Waals surface area contributed by atoms with Crippen molar-refractivity contribution >= 4 is 95.3 Å². The Bertz CT molecular complexity index is 3110. The van der Waals surface area contributed by atoms with Crippen molar-refractivity contribution in [3.8, 4) is 34.2 Å². The van der Waals surface area contributed by atoms with Gasteiger partial charge in [0.25, 0.3) is 0 Å². The van der Waals surface area contributed by atoms with Crippen LogP contribution in [0.15, 0.2) is 140 Å². The summed E-state index contributed by atoms with van der Waals surface area (Å²) in [6, 6.07) is 45.3. The van der Waals surface area contributed by atoms with Gasteiger partial charge in [-0.1, -0.05) is 84.9 Å². The number of nitrogens with zero attached hydrogens (tertiary/aromatic N) is 3. The summed E-state index contributed by atoms with van der Waals surface area (Å²) in [5.41, 5.74) is 2.57. The monoisotopic (exact) mass is 707 g/mol. The van der Waals surface area contributed by atoms with E-state index in [0.717, 1.165) is 89.4 Å². The molecule has 0 bridgehead atoms. The Hall–Kier alpha value is -6.15. The van der Waals surface area contributed by atoms with E-state index < -0.39 is 0 Å². The summed E-state index contributed by atoms with van der Waals surface area (Å²) < 4.78 is 33.0. The first-order chi connectivity index (χ1) is 25.6. The third-order valence-electron chi connectivity index (χ3n) is 9.98. The van der Waals surface area contributed by atoms with Gasteiger partial charge in [0, 0.05) is 57.0 Å². The molecule has 0 aliphatic heterocycles. The average Bonchev–Trinajstić information content (AvgIpc) is 3.75. The molecule has 0 radical (unpaired) electrons. The number of fused-ring (bicyclic) bond motifs is 11. The Morgan fingerprint density at radius 1 is 0.385 bits per heavy atom. The number of benzene rings is 8. The zero-order valence-electron chi connectivity index (χ0n) is 27.2. The van der Waals surface area contributed by atoms with Crippen molar-refractivity contribution in [2.75, 3.05) is 0 Å². The standard InChI is InChI=1S/C45H23F2N3S2/c46-29-15-17-33-37(22-29)51-41-31-11-5-3-9-26(31)20-35(39(33)41)44-48-43(28-14-13-24-7-1-2-8-25(24)19-28)49-45(50-44)36-21-27-10-4-6-12-32(27)42-40(36)34-18-16-30(47)23-38(34)52-42/h1-23H. The van der Waals surface area contributed by atoms with Gasteiger partial charge in [-0.2, -0.15) is 0 Å². The molecular formula is C45H23F2N3S2. The summed E-state index contributed by atoms with van der Waals surface area (Å²) in [5.74, 6) is 1.06. The Kier molecular flexibility index (Phi) is 6.35. The molecule has 0 atom stereocenters. The van der Waals surface area contributed by atoms with Crippen molar-refractivity contribution in [2.24, 2.45) is 0 Å². The number of hydrogen-bond acceptors (Lipinski definition) is 5. The number of hydrogen-bond donors (Lipinski definition) is 0. The largest absolute Gasteiger partial charge is 0.208 e. The molecule has 11 rings (SSSR count). The van der Waals surface area contributed by atoms with Gasteiger partial charge in [-0.3, -0.25) is 0 Å². The molecule has 0 fully saturated rings. The van der Waals surface area contributed by atoms with E-state index in [2.05, 4.69) is 66.7 Å². The summed E-state index contributed by atoms with van der Waals surface area (Å²) in [4.78, 5) is 15.8. The van der Waals surface area contributed by atoms with Crippen molar-refractivity contribution in [2.45, 2.75) is 0 Å². The van der Waals surface area contributed by atoms with Crippen molar-refractivity contribution in [1.29, 1.82) is 0 Å². The second kappa shape index (κ2) is 11.2. The van der Waals surface area contributed by atoms with Gasteiger partial charge in [-0.15, -0.1) is 22.7 Å².